The lowest BCUT2D eigenvalue weighted by atomic mass is 10.0. The molecule has 0 aliphatic carbocycles. The molecule has 1 aromatic heterocycles. The van der Waals surface area contributed by atoms with Crippen LogP contribution in [-0.2, 0) is 7.05 Å². The van der Waals surface area contributed by atoms with Crippen molar-refractivity contribution < 1.29 is 4.79 Å². The molecule has 90 valence electrons. The number of aromatic nitrogens is 2. The number of halogens is 1. The maximum Gasteiger partial charge on any atom is 0.255 e. The Kier molecular flexibility index (Phi) is 3.63. The van der Waals surface area contributed by atoms with Gasteiger partial charge in [0.15, 0.2) is 0 Å². The highest BCUT2D eigenvalue weighted by Gasteiger charge is 2.27. The van der Waals surface area contributed by atoms with Gasteiger partial charge in [0.2, 0.25) is 0 Å². The molecule has 5 heteroatoms. The number of nitrogens with one attached hydrogen (secondary N) is 1. The first kappa shape index (κ1) is 13.0. The zero-order valence-electron chi connectivity index (χ0n) is 10.3. The number of carbonyl (C=O) groups is 1. The Bertz CT molecular complexity index is 396. The number of hydrogen-bond acceptors (Lipinski definition) is 2. The van der Waals surface area contributed by atoms with E-state index >= 15 is 0 Å². The molecular weight excluding hydrogens is 226 g/mol. The van der Waals surface area contributed by atoms with Crippen molar-refractivity contribution in [3.05, 3.63) is 17.5 Å². The van der Waals surface area contributed by atoms with Gasteiger partial charge in [0, 0.05) is 12.7 Å². The molecule has 0 bridgehead atoms. The zero-order chi connectivity index (χ0) is 12.5. The first-order chi connectivity index (χ1) is 7.25. The summed E-state index contributed by atoms with van der Waals surface area (Å²) in [6.45, 7) is 7.51. The Balaban J connectivity index is 2.85. The minimum absolute atomic E-state index is 0.136. The van der Waals surface area contributed by atoms with E-state index in [1.54, 1.807) is 17.9 Å². The van der Waals surface area contributed by atoms with Crippen molar-refractivity contribution in [1.29, 1.82) is 0 Å². The number of rotatable bonds is 3. The van der Waals surface area contributed by atoms with Crippen LogP contribution in [0.15, 0.2) is 6.20 Å². The van der Waals surface area contributed by atoms with Gasteiger partial charge in [0.1, 0.15) is 0 Å². The SMILES string of the molecule is Cc1c(C(=O)NC(C)(C)C(C)Cl)cnn1C. The van der Waals surface area contributed by atoms with Crippen LogP contribution in [0.4, 0.5) is 0 Å². The summed E-state index contributed by atoms with van der Waals surface area (Å²) in [5.74, 6) is -0.136. The fraction of sp³-hybridized carbons (Fsp3) is 0.636. The number of amides is 1. The van der Waals surface area contributed by atoms with Crippen molar-refractivity contribution in [3.8, 4) is 0 Å². The molecule has 0 radical (unpaired) electrons. The highest BCUT2D eigenvalue weighted by Crippen LogP contribution is 2.16. The van der Waals surface area contributed by atoms with Crippen LogP contribution in [0.2, 0.25) is 0 Å². The summed E-state index contributed by atoms with van der Waals surface area (Å²) in [6, 6.07) is 0. The first-order valence-corrected chi connectivity index (χ1v) is 5.64. The van der Waals surface area contributed by atoms with Gasteiger partial charge in [-0.25, -0.2) is 0 Å². The van der Waals surface area contributed by atoms with E-state index in [1.807, 2.05) is 27.7 Å². The van der Waals surface area contributed by atoms with E-state index in [0.717, 1.165) is 5.69 Å². The molecule has 0 aliphatic rings. The van der Waals surface area contributed by atoms with Crippen LogP contribution in [0.5, 0.6) is 0 Å². The van der Waals surface area contributed by atoms with Gasteiger partial charge >= 0.3 is 0 Å². The molecule has 0 fully saturated rings. The van der Waals surface area contributed by atoms with Crippen molar-refractivity contribution in [2.24, 2.45) is 7.05 Å². The topological polar surface area (TPSA) is 46.9 Å². The summed E-state index contributed by atoms with van der Waals surface area (Å²) in [5.41, 5.74) is 0.990. The largest absolute Gasteiger partial charge is 0.346 e. The first-order valence-electron chi connectivity index (χ1n) is 5.21. The molecule has 1 unspecified atom stereocenters. The van der Waals surface area contributed by atoms with Gasteiger partial charge in [-0.1, -0.05) is 0 Å². The van der Waals surface area contributed by atoms with Crippen LogP contribution >= 0.6 is 11.6 Å². The van der Waals surface area contributed by atoms with Gasteiger partial charge in [0.05, 0.1) is 22.7 Å². The van der Waals surface area contributed by atoms with Gasteiger partial charge in [-0.15, -0.1) is 11.6 Å². The Morgan fingerprint density at radius 2 is 2.19 bits per heavy atom. The molecule has 0 saturated heterocycles. The second-order valence-corrected chi connectivity index (χ2v) is 5.21. The predicted molar refractivity (Wildman–Crippen MR) is 64.8 cm³/mol. The van der Waals surface area contributed by atoms with Crippen LogP contribution in [0.1, 0.15) is 36.8 Å². The number of alkyl halides is 1. The van der Waals surface area contributed by atoms with E-state index in [0.29, 0.717) is 5.56 Å². The average Bonchev–Trinajstić information content (AvgIpc) is 2.46. The fourth-order valence-electron chi connectivity index (χ4n) is 1.18. The normalized spacial score (nSPS) is 13.6. The summed E-state index contributed by atoms with van der Waals surface area (Å²) < 4.78 is 1.67. The van der Waals surface area contributed by atoms with E-state index in [1.165, 1.54) is 0 Å². The third-order valence-electron chi connectivity index (χ3n) is 2.91. The lowest BCUT2D eigenvalue weighted by Gasteiger charge is -2.28. The quantitative estimate of drug-likeness (QED) is 0.824. The Labute approximate surface area is 101 Å². The summed E-state index contributed by atoms with van der Waals surface area (Å²) in [7, 11) is 1.81. The van der Waals surface area contributed by atoms with Gasteiger partial charge in [-0.2, -0.15) is 5.10 Å². The number of nitrogens with zero attached hydrogens (tertiary/aromatic N) is 2. The summed E-state index contributed by atoms with van der Waals surface area (Å²) in [5, 5.41) is 6.79. The molecular formula is C11H18ClN3O. The van der Waals surface area contributed by atoms with Crippen molar-refractivity contribution in [1.82, 2.24) is 15.1 Å². The third kappa shape index (κ3) is 2.55. The molecule has 1 N–H and O–H groups in total. The summed E-state index contributed by atoms with van der Waals surface area (Å²) >= 11 is 6.01. The highest BCUT2D eigenvalue weighted by atomic mass is 35.5. The highest BCUT2D eigenvalue weighted by molar-refractivity contribution is 6.21. The molecule has 1 heterocycles. The molecule has 0 aromatic carbocycles. The maximum atomic E-state index is 12.0. The molecule has 16 heavy (non-hydrogen) atoms. The number of hydrogen-bond donors (Lipinski definition) is 1. The Morgan fingerprint density at radius 1 is 1.62 bits per heavy atom. The standard InChI is InChI=1S/C11H18ClN3O/c1-7-9(6-13-15(7)5)10(16)14-11(3,4)8(2)12/h6,8H,1-5H3,(H,14,16). The molecule has 0 aliphatic heterocycles. The Hall–Kier alpha value is -1.03. The van der Waals surface area contributed by atoms with E-state index in [2.05, 4.69) is 10.4 Å². The second-order valence-electron chi connectivity index (χ2n) is 4.56. The zero-order valence-corrected chi connectivity index (χ0v) is 11.1. The third-order valence-corrected chi connectivity index (χ3v) is 3.46. The van der Waals surface area contributed by atoms with Crippen LogP contribution < -0.4 is 5.32 Å². The van der Waals surface area contributed by atoms with Gasteiger partial charge in [-0.05, 0) is 27.7 Å². The lowest BCUT2D eigenvalue weighted by Crippen LogP contribution is -2.49. The molecule has 0 saturated carbocycles. The molecule has 1 amide bonds. The number of aryl methyl sites for hydroxylation is 1. The van der Waals surface area contributed by atoms with Gasteiger partial charge < -0.3 is 5.32 Å². The average molecular weight is 244 g/mol. The maximum absolute atomic E-state index is 12.0. The van der Waals surface area contributed by atoms with Crippen molar-refractivity contribution in [2.45, 2.75) is 38.6 Å². The smallest absolute Gasteiger partial charge is 0.255 e. The molecule has 1 aromatic rings. The lowest BCUT2D eigenvalue weighted by molar-refractivity contribution is 0.0911. The minimum Gasteiger partial charge on any atom is -0.346 e. The fourth-order valence-corrected chi connectivity index (χ4v) is 1.24. The Morgan fingerprint density at radius 3 is 2.56 bits per heavy atom. The van der Waals surface area contributed by atoms with Crippen LogP contribution in [-0.4, -0.2) is 26.6 Å². The molecule has 1 atom stereocenters. The van der Waals surface area contributed by atoms with Crippen LogP contribution in [0.25, 0.3) is 0 Å². The second kappa shape index (κ2) is 4.45. The minimum atomic E-state index is -0.444. The predicted octanol–water partition coefficient (Wildman–Crippen LogP) is 1.86. The summed E-state index contributed by atoms with van der Waals surface area (Å²) in [4.78, 5) is 12.0. The van der Waals surface area contributed by atoms with E-state index in [-0.39, 0.29) is 11.3 Å². The van der Waals surface area contributed by atoms with E-state index in [9.17, 15) is 4.79 Å². The molecule has 0 spiro atoms. The van der Waals surface area contributed by atoms with Crippen LogP contribution in [0.3, 0.4) is 0 Å². The number of carbonyl (C=O) groups excluding carboxylic acids is 1. The van der Waals surface area contributed by atoms with Crippen LogP contribution in [0, 0.1) is 6.92 Å². The van der Waals surface area contributed by atoms with E-state index < -0.39 is 5.54 Å². The van der Waals surface area contributed by atoms with E-state index in [4.69, 9.17) is 11.6 Å². The molecule has 4 nitrogen and oxygen atoms in total. The van der Waals surface area contributed by atoms with Gasteiger partial charge in [0.25, 0.3) is 5.91 Å². The monoisotopic (exact) mass is 243 g/mol. The summed E-state index contributed by atoms with van der Waals surface area (Å²) in [6.07, 6.45) is 1.57. The van der Waals surface area contributed by atoms with Gasteiger partial charge in [-0.3, -0.25) is 9.48 Å². The van der Waals surface area contributed by atoms with Crippen molar-refractivity contribution in [3.63, 3.8) is 0 Å². The van der Waals surface area contributed by atoms with Crippen molar-refractivity contribution >= 4 is 17.5 Å². The molecule has 1 rings (SSSR count). The van der Waals surface area contributed by atoms with Crippen molar-refractivity contribution in [2.75, 3.05) is 0 Å².